The molecule has 0 fully saturated rings. The Morgan fingerprint density at radius 2 is 2.14 bits per heavy atom. The molecule has 3 nitrogen and oxygen atoms in total. The molecule has 2 N–H and O–H groups in total. The van der Waals surface area contributed by atoms with E-state index in [0.29, 0.717) is 5.69 Å². The van der Waals surface area contributed by atoms with E-state index in [-0.39, 0.29) is 5.56 Å². The summed E-state index contributed by atoms with van der Waals surface area (Å²) < 4.78 is 13.2. The van der Waals surface area contributed by atoms with Gasteiger partial charge in [0.1, 0.15) is 11.9 Å². The highest BCUT2D eigenvalue weighted by atomic mass is 19.1. The van der Waals surface area contributed by atoms with Crippen molar-refractivity contribution < 1.29 is 9.50 Å². The third-order valence-corrected chi connectivity index (χ3v) is 2.01. The summed E-state index contributed by atoms with van der Waals surface area (Å²) in [6.07, 6.45) is 1.93. The molecule has 0 aliphatic rings. The topological polar surface area (TPSA) is 48.9 Å². The number of hydrogen-bond acceptors (Lipinski definition) is 2. The van der Waals surface area contributed by atoms with Crippen LogP contribution in [0.5, 0.6) is 0 Å². The van der Waals surface area contributed by atoms with Gasteiger partial charge in [-0.05, 0) is 6.07 Å². The highest BCUT2D eigenvalue weighted by Crippen LogP contribution is 2.21. The highest BCUT2D eigenvalue weighted by Gasteiger charge is 2.14. The lowest BCUT2D eigenvalue weighted by Gasteiger charge is -2.08. The molecular formula is C10H9FN2O. The van der Waals surface area contributed by atoms with Gasteiger partial charge in [0, 0.05) is 5.56 Å². The fourth-order valence-electron chi connectivity index (χ4n) is 1.28. The lowest BCUT2D eigenvalue weighted by Crippen LogP contribution is -2.02. The number of aliphatic hydroxyl groups excluding tert-OH is 1. The third kappa shape index (κ3) is 1.52. The average molecular weight is 192 g/mol. The summed E-state index contributed by atoms with van der Waals surface area (Å²) in [5.41, 5.74) is 0.729. The van der Waals surface area contributed by atoms with Crippen molar-refractivity contribution in [1.29, 1.82) is 0 Å². The van der Waals surface area contributed by atoms with E-state index >= 15 is 0 Å². The third-order valence-electron chi connectivity index (χ3n) is 2.01. The number of benzene rings is 1. The molecule has 0 bridgehead atoms. The van der Waals surface area contributed by atoms with Crippen molar-refractivity contribution in [3.05, 3.63) is 53.9 Å². The van der Waals surface area contributed by atoms with Gasteiger partial charge in [-0.3, -0.25) is 0 Å². The molecular weight excluding hydrogens is 183 g/mol. The molecule has 1 aromatic carbocycles. The summed E-state index contributed by atoms with van der Waals surface area (Å²) in [6.45, 7) is 0. The number of imidazole rings is 1. The van der Waals surface area contributed by atoms with E-state index in [1.165, 1.54) is 18.6 Å². The summed E-state index contributed by atoms with van der Waals surface area (Å²) in [5, 5.41) is 9.75. The largest absolute Gasteiger partial charge is 0.382 e. The van der Waals surface area contributed by atoms with Crippen molar-refractivity contribution in [2.45, 2.75) is 6.10 Å². The first-order chi connectivity index (χ1) is 6.79. The number of nitrogens with one attached hydrogen (secondary N) is 1. The van der Waals surface area contributed by atoms with Gasteiger partial charge in [0.15, 0.2) is 0 Å². The zero-order valence-electron chi connectivity index (χ0n) is 7.31. The van der Waals surface area contributed by atoms with Gasteiger partial charge in [-0.15, -0.1) is 0 Å². The van der Waals surface area contributed by atoms with Gasteiger partial charge < -0.3 is 10.1 Å². The maximum Gasteiger partial charge on any atom is 0.129 e. The molecule has 1 unspecified atom stereocenters. The summed E-state index contributed by atoms with van der Waals surface area (Å²) in [7, 11) is 0. The van der Waals surface area contributed by atoms with Crippen LogP contribution in [0, 0.1) is 5.82 Å². The molecule has 4 heteroatoms. The number of nitrogens with zero attached hydrogens (tertiary/aromatic N) is 1. The van der Waals surface area contributed by atoms with Crippen molar-refractivity contribution in [2.75, 3.05) is 0 Å². The summed E-state index contributed by atoms with van der Waals surface area (Å²) in [5.74, 6) is -0.422. The number of rotatable bonds is 2. The Morgan fingerprint density at radius 3 is 2.79 bits per heavy atom. The van der Waals surface area contributed by atoms with Crippen LogP contribution in [0.15, 0.2) is 36.8 Å². The Kier molecular flexibility index (Phi) is 2.28. The van der Waals surface area contributed by atoms with Crippen LogP contribution in [0.3, 0.4) is 0 Å². The average Bonchev–Trinajstić information content (AvgIpc) is 2.70. The molecule has 0 aliphatic heterocycles. The minimum absolute atomic E-state index is 0.247. The quantitative estimate of drug-likeness (QED) is 0.759. The van der Waals surface area contributed by atoms with E-state index in [9.17, 15) is 9.50 Å². The first-order valence-corrected chi connectivity index (χ1v) is 4.20. The van der Waals surface area contributed by atoms with E-state index in [1.54, 1.807) is 18.2 Å². The van der Waals surface area contributed by atoms with Crippen LogP contribution in [0.25, 0.3) is 0 Å². The van der Waals surface area contributed by atoms with E-state index in [0.717, 1.165) is 0 Å². The molecule has 0 aliphatic carbocycles. The number of aromatic nitrogens is 2. The van der Waals surface area contributed by atoms with E-state index in [4.69, 9.17) is 0 Å². The number of aromatic amines is 1. The van der Waals surface area contributed by atoms with Crippen LogP contribution in [0.1, 0.15) is 17.4 Å². The fraction of sp³-hybridized carbons (Fsp3) is 0.100. The van der Waals surface area contributed by atoms with Crippen LogP contribution in [-0.4, -0.2) is 15.1 Å². The molecule has 0 amide bonds. The molecule has 0 radical (unpaired) electrons. The number of aliphatic hydroxyl groups is 1. The first kappa shape index (κ1) is 8.90. The number of halogens is 1. The van der Waals surface area contributed by atoms with Crippen LogP contribution in [-0.2, 0) is 0 Å². The van der Waals surface area contributed by atoms with Crippen molar-refractivity contribution in [2.24, 2.45) is 0 Å². The van der Waals surface area contributed by atoms with Gasteiger partial charge in [0.05, 0.1) is 18.2 Å². The lowest BCUT2D eigenvalue weighted by molar-refractivity contribution is 0.210. The van der Waals surface area contributed by atoms with Crippen LogP contribution in [0.2, 0.25) is 0 Å². The number of H-pyrrole nitrogens is 1. The number of hydrogen-bond donors (Lipinski definition) is 2. The highest BCUT2D eigenvalue weighted by molar-refractivity contribution is 5.25. The summed E-state index contributed by atoms with van der Waals surface area (Å²) >= 11 is 0. The van der Waals surface area contributed by atoms with Gasteiger partial charge in [0.2, 0.25) is 0 Å². The monoisotopic (exact) mass is 192 g/mol. The Labute approximate surface area is 80.2 Å². The van der Waals surface area contributed by atoms with Crippen LogP contribution >= 0.6 is 0 Å². The maximum absolute atomic E-state index is 13.2. The zero-order valence-corrected chi connectivity index (χ0v) is 7.31. The van der Waals surface area contributed by atoms with Gasteiger partial charge in [0.25, 0.3) is 0 Å². The second-order valence-corrected chi connectivity index (χ2v) is 2.93. The Hall–Kier alpha value is -1.68. The first-order valence-electron chi connectivity index (χ1n) is 4.20. The van der Waals surface area contributed by atoms with Gasteiger partial charge in [-0.25, -0.2) is 9.37 Å². The minimum atomic E-state index is -0.987. The van der Waals surface area contributed by atoms with Gasteiger partial charge >= 0.3 is 0 Å². The van der Waals surface area contributed by atoms with E-state index in [1.807, 2.05) is 0 Å². The summed E-state index contributed by atoms with van der Waals surface area (Å²) in [6, 6.07) is 6.12. The molecule has 2 aromatic rings. The van der Waals surface area contributed by atoms with Gasteiger partial charge in [-0.1, -0.05) is 18.2 Å². The van der Waals surface area contributed by atoms with Crippen molar-refractivity contribution in [1.82, 2.24) is 9.97 Å². The standard InChI is InChI=1S/C10H9FN2O/c11-8-4-2-1-3-7(8)10(14)9-5-12-6-13-9/h1-6,10,14H,(H,12,13). The van der Waals surface area contributed by atoms with Gasteiger partial charge in [-0.2, -0.15) is 0 Å². The second-order valence-electron chi connectivity index (χ2n) is 2.93. The van der Waals surface area contributed by atoms with Crippen molar-refractivity contribution >= 4 is 0 Å². The smallest absolute Gasteiger partial charge is 0.129 e. The Bertz CT molecular complexity index is 414. The Balaban J connectivity index is 2.37. The predicted octanol–water partition coefficient (Wildman–Crippen LogP) is 1.63. The summed E-state index contributed by atoms with van der Waals surface area (Å²) in [4.78, 5) is 6.50. The molecule has 0 spiro atoms. The molecule has 1 aromatic heterocycles. The van der Waals surface area contributed by atoms with Crippen molar-refractivity contribution in [3.8, 4) is 0 Å². The van der Waals surface area contributed by atoms with Crippen LogP contribution in [0.4, 0.5) is 4.39 Å². The molecule has 14 heavy (non-hydrogen) atoms. The molecule has 1 heterocycles. The zero-order chi connectivity index (χ0) is 9.97. The Morgan fingerprint density at radius 1 is 1.36 bits per heavy atom. The second kappa shape index (κ2) is 3.59. The maximum atomic E-state index is 13.2. The SMILES string of the molecule is OC(c1cnc[nH]1)c1ccccc1F. The molecule has 72 valence electrons. The normalized spacial score (nSPS) is 12.7. The fourth-order valence-corrected chi connectivity index (χ4v) is 1.28. The van der Waals surface area contributed by atoms with E-state index in [2.05, 4.69) is 9.97 Å². The molecule has 2 rings (SSSR count). The predicted molar refractivity (Wildman–Crippen MR) is 49.0 cm³/mol. The van der Waals surface area contributed by atoms with Crippen molar-refractivity contribution in [3.63, 3.8) is 0 Å². The molecule has 1 atom stereocenters. The minimum Gasteiger partial charge on any atom is -0.382 e. The van der Waals surface area contributed by atoms with E-state index < -0.39 is 11.9 Å². The molecule has 0 saturated heterocycles. The lowest BCUT2D eigenvalue weighted by atomic mass is 10.1. The molecule has 0 saturated carbocycles. The van der Waals surface area contributed by atoms with Crippen LogP contribution < -0.4 is 0 Å².